The second-order valence-corrected chi connectivity index (χ2v) is 6.13. The van der Waals surface area contributed by atoms with E-state index in [4.69, 9.17) is 0 Å². The molecule has 1 heterocycles. The fraction of sp³-hybridized carbons (Fsp3) is 0.111. The summed E-state index contributed by atoms with van der Waals surface area (Å²) in [6, 6.07) is 17.3. The first-order valence-corrected chi connectivity index (χ1v) is 8.55. The van der Waals surface area contributed by atoms with E-state index in [1.165, 1.54) is 16.7 Å². The molecule has 0 saturated carbocycles. The zero-order chi connectivity index (χ0) is 16.8. The fourth-order valence-corrected chi connectivity index (χ4v) is 2.86. The van der Waals surface area contributed by atoms with E-state index >= 15 is 0 Å². The maximum atomic E-state index is 12.0. The van der Waals surface area contributed by atoms with Crippen LogP contribution in [-0.2, 0) is 9.59 Å². The molecule has 1 aliphatic heterocycles. The second kappa shape index (κ2) is 7.70. The van der Waals surface area contributed by atoms with Gasteiger partial charge in [-0.3, -0.25) is 9.59 Å². The molecule has 122 valence electrons. The summed E-state index contributed by atoms with van der Waals surface area (Å²) < 4.78 is 0. The van der Waals surface area contributed by atoms with Gasteiger partial charge in [-0.15, -0.1) is 11.8 Å². The molecule has 0 aliphatic carbocycles. The molecule has 3 rings (SSSR count). The number of hydrogen-bond donors (Lipinski definition) is 2. The van der Waals surface area contributed by atoms with Crippen molar-refractivity contribution >= 4 is 40.6 Å². The van der Waals surface area contributed by atoms with Gasteiger partial charge in [0.05, 0.1) is 5.75 Å². The summed E-state index contributed by atoms with van der Waals surface area (Å²) in [6.45, 7) is 0.0277. The number of para-hydroxylation sites is 1. The molecule has 0 saturated heterocycles. The Hall–Kier alpha value is -2.73. The van der Waals surface area contributed by atoms with Crippen molar-refractivity contribution in [1.82, 2.24) is 4.90 Å². The molecule has 0 spiro atoms. The Kier molecular flexibility index (Phi) is 5.18. The molecular formula is C18H17N3O2S. The predicted octanol–water partition coefficient (Wildman–Crippen LogP) is 3.42. The lowest BCUT2D eigenvalue weighted by atomic mass is 10.2. The van der Waals surface area contributed by atoms with Gasteiger partial charge in [-0.1, -0.05) is 18.2 Å². The molecule has 24 heavy (non-hydrogen) atoms. The van der Waals surface area contributed by atoms with Gasteiger partial charge in [0, 0.05) is 23.3 Å². The first-order valence-electron chi connectivity index (χ1n) is 7.50. The highest BCUT2D eigenvalue weighted by Crippen LogP contribution is 2.19. The molecule has 2 amide bonds. The van der Waals surface area contributed by atoms with Crippen molar-refractivity contribution in [3.05, 3.63) is 66.2 Å². The minimum Gasteiger partial charge on any atom is -0.356 e. The Balaban J connectivity index is 1.55. The number of amides is 2. The molecule has 2 aromatic rings. The van der Waals surface area contributed by atoms with Gasteiger partial charge in [0.2, 0.25) is 11.8 Å². The molecule has 5 nitrogen and oxygen atoms in total. The van der Waals surface area contributed by atoms with Crippen molar-refractivity contribution in [3.8, 4) is 0 Å². The Morgan fingerprint density at radius 3 is 2.38 bits per heavy atom. The van der Waals surface area contributed by atoms with Crippen LogP contribution >= 0.6 is 11.8 Å². The predicted molar refractivity (Wildman–Crippen MR) is 98.1 cm³/mol. The van der Waals surface area contributed by atoms with Crippen molar-refractivity contribution in [2.75, 3.05) is 22.9 Å². The van der Waals surface area contributed by atoms with Crippen LogP contribution in [0.2, 0.25) is 0 Å². The van der Waals surface area contributed by atoms with E-state index in [0.29, 0.717) is 11.4 Å². The van der Waals surface area contributed by atoms with Crippen LogP contribution in [0, 0.1) is 0 Å². The largest absolute Gasteiger partial charge is 0.356 e. The Bertz CT molecular complexity index is 745. The first-order chi connectivity index (χ1) is 11.7. The molecular weight excluding hydrogens is 322 g/mol. The first kappa shape index (κ1) is 16.1. The zero-order valence-electron chi connectivity index (χ0n) is 12.9. The molecule has 6 heteroatoms. The number of anilines is 3. The summed E-state index contributed by atoms with van der Waals surface area (Å²) in [5.74, 6) is 0.104. The lowest BCUT2D eigenvalue weighted by Crippen LogP contribution is -2.36. The van der Waals surface area contributed by atoms with E-state index in [2.05, 4.69) is 10.6 Å². The standard InChI is InChI=1S/C18H17N3O2S/c22-17(12-21-10-11-24-13-18(21)23)20-16-8-6-15(7-9-16)19-14-4-2-1-3-5-14/h1-11,19H,12-13H2,(H,20,22). The highest BCUT2D eigenvalue weighted by molar-refractivity contribution is 8.02. The maximum absolute atomic E-state index is 12.0. The molecule has 0 unspecified atom stereocenters. The third kappa shape index (κ3) is 4.39. The van der Waals surface area contributed by atoms with Crippen LogP contribution < -0.4 is 10.6 Å². The van der Waals surface area contributed by atoms with E-state index in [-0.39, 0.29) is 18.4 Å². The van der Waals surface area contributed by atoms with Crippen molar-refractivity contribution in [2.24, 2.45) is 0 Å². The molecule has 0 bridgehead atoms. The topological polar surface area (TPSA) is 61.4 Å². The van der Waals surface area contributed by atoms with Gasteiger partial charge in [0.15, 0.2) is 0 Å². The van der Waals surface area contributed by atoms with Crippen LogP contribution in [0.25, 0.3) is 0 Å². The highest BCUT2D eigenvalue weighted by Gasteiger charge is 2.17. The lowest BCUT2D eigenvalue weighted by Gasteiger charge is -2.20. The van der Waals surface area contributed by atoms with Gasteiger partial charge < -0.3 is 15.5 Å². The van der Waals surface area contributed by atoms with Gasteiger partial charge in [-0.2, -0.15) is 0 Å². The Labute approximate surface area is 144 Å². The number of hydrogen-bond acceptors (Lipinski definition) is 4. The Morgan fingerprint density at radius 2 is 1.67 bits per heavy atom. The molecule has 2 N–H and O–H groups in total. The van der Waals surface area contributed by atoms with E-state index in [9.17, 15) is 9.59 Å². The average Bonchev–Trinajstić information content (AvgIpc) is 2.60. The van der Waals surface area contributed by atoms with Crippen molar-refractivity contribution in [1.29, 1.82) is 0 Å². The number of thioether (sulfide) groups is 1. The van der Waals surface area contributed by atoms with Crippen molar-refractivity contribution in [3.63, 3.8) is 0 Å². The number of carbonyl (C=O) groups excluding carboxylic acids is 2. The zero-order valence-corrected chi connectivity index (χ0v) is 13.8. The monoisotopic (exact) mass is 339 g/mol. The van der Waals surface area contributed by atoms with Crippen LogP contribution in [0.15, 0.2) is 66.2 Å². The molecule has 0 atom stereocenters. The molecule has 1 aliphatic rings. The maximum Gasteiger partial charge on any atom is 0.244 e. The van der Waals surface area contributed by atoms with Gasteiger partial charge >= 0.3 is 0 Å². The van der Waals surface area contributed by atoms with Crippen molar-refractivity contribution in [2.45, 2.75) is 0 Å². The lowest BCUT2D eigenvalue weighted by molar-refractivity contribution is -0.129. The number of nitrogens with one attached hydrogen (secondary N) is 2. The molecule has 0 radical (unpaired) electrons. The Morgan fingerprint density at radius 1 is 1.00 bits per heavy atom. The summed E-state index contributed by atoms with van der Waals surface area (Å²) in [5.41, 5.74) is 2.63. The quantitative estimate of drug-likeness (QED) is 0.876. The van der Waals surface area contributed by atoms with Crippen LogP contribution in [-0.4, -0.2) is 29.0 Å². The van der Waals surface area contributed by atoms with E-state index in [1.54, 1.807) is 6.20 Å². The van der Waals surface area contributed by atoms with Crippen molar-refractivity contribution < 1.29 is 9.59 Å². The summed E-state index contributed by atoms with van der Waals surface area (Å²) in [6.07, 6.45) is 1.64. The van der Waals surface area contributed by atoms with E-state index in [0.717, 1.165) is 11.4 Å². The summed E-state index contributed by atoms with van der Waals surface area (Å²) in [7, 11) is 0. The summed E-state index contributed by atoms with van der Waals surface area (Å²) in [5, 5.41) is 7.90. The number of nitrogens with zero attached hydrogens (tertiary/aromatic N) is 1. The van der Waals surface area contributed by atoms with Gasteiger partial charge in [0.1, 0.15) is 6.54 Å². The average molecular weight is 339 g/mol. The van der Waals surface area contributed by atoms with Gasteiger partial charge in [-0.25, -0.2) is 0 Å². The van der Waals surface area contributed by atoms with Crippen LogP contribution in [0.1, 0.15) is 0 Å². The van der Waals surface area contributed by atoms with Crippen LogP contribution in [0.5, 0.6) is 0 Å². The third-order valence-electron chi connectivity index (χ3n) is 3.41. The number of carbonyl (C=O) groups is 2. The van der Waals surface area contributed by atoms with Crippen LogP contribution in [0.4, 0.5) is 17.1 Å². The number of benzene rings is 2. The fourth-order valence-electron chi connectivity index (χ4n) is 2.22. The summed E-state index contributed by atoms with van der Waals surface area (Å²) in [4.78, 5) is 25.1. The van der Waals surface area contributed by atoms with Gasteiger partial charge in [-0.05, 0) is 41.8 Å². The SMILES string of the molecule is O=C(CN1C=CSCC1=O)Nc1ccc(Nc2ccccc2)cc1. The normalized spacial score (nSPS) is 13.7. The number of rotatable bonds is 5. The second-order valence-electron chi connectivity index (χ2n) is 5.23. The van der Waals surface area contributed by atoms with E-state index < -0.39 is 0 Å². The third-order valence-corrected chi connectivity index (χ3v) is 4.14. The molecule has 0 aromatic heterocycles. The smallest absolute Gasteiger partial charge is 0.244 e. The minimum absolute atomic E-state index is 0.0277. The molecule has 2 aromatic carbocycles. The molecule has 0 fully saturated rings. The van der Waals surface area contributed by atoms with E-state index in [1.807, 2.05) is 60.0 Å². The highest BCUT2D eigenvalue weighted by atomic mass is 32.2. The van der Waals surface area contributed by atoms with Gasteiger partial charge in [0.25, 0.3) is 0 Å². The minimum atomic E-state index is -0.219. The van der Waals surface area contributed by atoms with Crippen LogP contribution in [0.3, 0.4) is 0 Å². The summed E-state index contributed by atoms with van der Waals surface area (Å²) >= 11 is 1.43.